The molecule has 0 aliphatic carbocycles. The van der Waals surface area contributed by atoms with Crippen molar-refractivity contribution in [2.45, 2.75) is 6.92 Å². The zero-order chi connectivity index (χ0) is 13.8. The molecule has 2 rings (SSSR count). The smallest absolute Gasteiger partial charge is 0.338 e. The third kappa shape index (κ3) is 2.73. The number of halogens is 1. The van der Waals surface area contributed by atoms with Crippen LogP contribution in [-0.4, -0.2) is 17.7 Å². The lowest BCUT2D eigenvalue weighted by Crippen LogP contribution is -2.00. The van der Waals surface area contributed by atoms with E-state index in [1.54, 1.807) is 18.2 Å². The monoisotopic (exact) mass is 260 g/mol. The summed E-state index contributed by atoms with van der Waals surface area (Å²) in [6, 6.07) is 11.3. The van der Waals surface area contributed by atoms with Gasteiger partial charge in [0.1, 0.15) is 11.6 Å². The topological polar surface area (TPSA) is 46.5 Å². The first-order valence-corrected chi connectivity index (χ1v) is 5.88. The fourth-order valence-corrected chi connectivity index (χ4v) is 1.84. The Morgan fingerprint density at radius 2 is 2.00 bits per heavy atom. The van der Waals surface area contributed by atoms with E-state index in [-0.39, 0.29) is 5.56 Å². The van der Waals surface area contributed by atoms with E-state index >= 15 is 0 Å². The highest BCUT2D eigenvalue weighted by Crippen LogP contribution is 2.30. The molecule has 0 heterocycles. The van der Waals surface area contributed by atoms with Crippen LogP contribution in [0.15, 0.2) is 42.5 Å². The van der Waals surface area contributed by atoms with Gasteiger partial charge in [-0.25, -0.2) is 9.18 Å². The minimum Gasteiger partial charge on any atom is -0.493 e. The SMILES string of the molecule is CCOc1ccccc1-c1ccc(C(=O)O)c(F)c1. The van der Waals surface area contributed by atoms with Gasteiger partial charge < -0.3 is 9.84 Å². The largest absolute Gasteiger partial charge is 0.493 e. The summed E-state index contributed by atoms with van der Waals surface area (Å²) in [4.78, 5) is 10.8. The Labute approximate surface area is 110 Å². The molecule has 0 bridgehead atoms. The zero-order valence-electron chi connectivity index (χ0n) is 10.4. The number of carbonyl (C=O) groups is 1. The molecule has 0 spiro atoms. The predicted octanol–water partition coefficient (Wildman–Crippen LogP) is 3.59. The molecule has 0 aliphatic heterocycles. The van der Waals surface area contributed by atoms with Crippen LogP contribution < -0.4 is 4.74 Å². The minimum atomic E-state index is -1.28. The van der Waals surface area contributed by atoms with Crippen LogP contribution in [0.5, 0.6) is 5.75 Å². The van der Waals surface area contributed by atoms with Crippen molar-refractivity contribution in [3.63, 3.8) is 0 Å². The van der Waals surface area contributed by atoms with Crippen molar-refractivity contribution in [1.82, 2.24) is 0 Å². The van der Waals surface area contributed by atoms with Gasteiger partial charge in [0.05, 0.1) is 12.2 Å². The first-order chi connectivity index (χ1) is 9.13. The maximum Gasteiger partial charge on any atom is 0.338 e. The van der Waals surface area contributed by atoms with E-state index in [0.717, 1.165) is 5.56 Å². The number of rotatable bonds is 4. The molecule has 98 valence electrons. The molecule has 0 aromatic heterocycles. The maximum atomic E-state index is 13.7. The van der Waals surface area contributed by atoms with Crippen LogP contribution in [0, 0.1) is 5.82 Å². The van der Waals surface area contributed by atoms with Gasteiger partial charge in [-0.05, 0) is 30.7 Å². The number of benzene rings is 2. The van der Waals surface area contributed by atoms with Gasteiger partial charge in [-0.1, -0.05) is 24.3 Å². The van der Waals surface area contributed by atoms with Gasteiger partial charge in [0, 0.05) is 5.56 Å². The normalized spacial score (nSPS) is 10.2. The second-order valence-electron chi connectivity index (χ2n) is 3.93. The first kappa shape index (κ1) is 13.1. The summed E-state index contributed by atoms with van der Waals surface area (Å²) >= 11 is 0. The Balaban J connectivity index is 2.48. The molecule has 0 radical (unpaired) electrons. The summed E-state index contributed by atoms with van der Waals surface area (Å²) < 4.78 is 19.2. The van der Waals surface area contributed by atoms with Gasteiger partial charge in [-0.3, -0.25) is 0 Å². The molecule has 2 aromatic rings. The molecule has 0 unspecified atom stereocenters. The molecular formula is C15H13FO3. The zero-order valence-corrected chi connectivity index (χ0v) is 10.4. The number of hydrogen-bond donors (Lipinski definition) is 1. The summed E-state index contributed by atoms with van der Waals surface area (Å²) in [5.41, 5.74) is 0.990. The van der Waals surface area contributed by atoms with Crippen LogP contribution in [0.2, 0.25) is 0 Å². The van der Waals surface area contributed by atoms with E-state index in [9.17, 15) is 9.18 Å². The van der Waals surface area contributed by atoms with Gasteiger partial charge in [0.25, 0.3) is 0 Å². The quantitative estimate of drug-likeness (QED) is 0.913. The van der Waals surface area contributed by atoms with Gasteiger partial charge in [0.2, 0.25) is 0 Å². The number of para-hydroxylation sites is 1. The van der Waals surface area contributed by atoms with E-state index in [2.05, 4.69) is 0 Å². The molecule has 0 atom stereocenters. The fourth-order valence-electron chi connectivity index (χ4n) is 1.84. The number of aromatic carboxylic acids is 1. The molecule has 0 amide bonds. The molecule has 2 aromatic carbocycles. The predicted molar refractivity (Wildman–Crippen MR) is 70.0 cm³/mol. The van der Waals surface area contributed by atoms with Crippen molar-refractivity contribution in [1.29, 1.82) is 0 Å². The average molecular weight is 260 g/mol. The second-order valence-corrected chi connectivity index (χ2v) is 3.93. The Hall–Kier alpha value is -2.36. The third-order valence-corrected chi connectivity index (χ3v) is 2.70. The van der Waals surface area contributed by atoms with Crippen LogP contribution in [0.4, 0.5) is 4.39 Å². The molecule has 0 saturated heterocycles. The van der Waals surface area contributed by atoms with E-state index in [1.165, 1.54) is 12.1 Å². The van der Waals surface area contributed by atoms with Crippen molar-refractivity contribution in [2.24, 2.45) is 0 Å². The minimum absolute atomic E-state index is 0.336. The molecule has 1 N–H and O–H groups in total. The van der Waals surface area contributed by atoms with Crippen LogP contribution in [-0.2, 0) is 0 Å². The number of ether oxygens (including phenoxy) is 1. The summed E-state index contributed by atoms with van der Waals surface area (Å²) in [7, 11) is 0. The molecule has 0 saturated carbocycles. The molecular weight excluding hydrogens is 247 g/mol. The molecule has 4 heteroatoms. The molecule has 19 heavy (non-hydrogen) atoms. The Bertz CT molecular complexity index is 608. The van der Waals surface area contributed by atoms with Crippen molar-refractivity contribution < 1.29 is 19.0 Å². The van der Waals surface area contributed by atoms with Crippen LogP contribution in [0.3, 0.4) is 0 Å². The number of carboxylic acid groups (broad SMARTS) is 1. The molecule has 0 aliphatic rings. The highest BCUT2D eigenvalue weighted by atomic mass is 19.1. The van der Waals surface area contributed by atoms with Crippen molar-refractivity contribution in [3.05, 3.63) is 53.8 Å². The van der Waals surface area contributed by atoms with Crippen LogP contribution >= 0.6 is 0 Å². The van der Waals surface area contributed by atoms with Crippen LogP contribution in [0.1, 0.15) is 17.3 Å². The summed E-state index contributed by atoms with van der Waals surface area (Å²) in [6.07, 6.45) is 0. The lowest BCUT2D eigenvalue weighted by atomic mass is 10.0. The standard InChI is InChI=1S/C15H13FO3/c1-2-19-14-6-4-3-5-11(14)10-7-8-12(15(17)18)13(16)9-10/h3-9H,2H2,1H3,(H,17,18). The maximum absolute atomic E-state index is 13.7. The van der Waals surface area contributed by atoms with Gasteiger partial charge >= 0.3 is 5.97 Å². The number of hydrogen-bond acceptors (Lipinski definition) is 2. The van der Waals surface area contributed by atoms with E-state index in [0.29, 0.717) is 17.9 Å². The Kier molecular flexibility index (Phi) is 3.80. The lowest BCUT2D eigenvalue weighted by Gasteiger charge is -2.10. The van der Waals surface area contributed by atoms with Crippen molar-refractivity contribution >= 4 is 5.97 Å². The number of carboxylic acids is 1. The van der Waals surface area contributed by atoms with Crippen LogP contribution in [0.25, 0.3) is 11.1 Å². The highest BCUT2D eigenvalue weighted by molar-refractivity contribution is 5.89. The second kappa shape index (κ2) is 5.52. The summed E-state index contributed by atoms with van der Waals surface area (Å²) in [6.45, 7) is 2.37. The van der Waals surface area contributed by atoms with E-state index in [4.69, 9.17) is 9.84 Å². The summed E-state index contributed by atoms with van der Waals surface area (Å²) in [5.74, 6) is -1.38. The Morgan fingerprint density at radius 3 is 2.63 bits per heavy atom. The van der Waals surface area contributed by atoms with Gasteiger partial charge in [-0.15, -0.1) is 0 Å². The highest BCUT2D eigenvalue weighted by Gasteiger charge is 2.12. The van der Waals surface area contributed by atoms with Crippen molar-refractivity contribution in [3.8, 4) is 16.9 Å². The Morgan fingerprint density at radius 1 is 1.26 bits per heavy atom. The first-order valence-electron chi connectivity index (χ1n) is 5.88. The van der Waals surface area contributed by atoms with E-state index in [1.807, 2.05) is 19.1 Å². The van der Waals surface area contributed by atoms with E-state index < -0.39 is 11.8 Å². The average Bonchev–Trinajstić information content (AvgIpc) is 2.39. The molecule has 3 nitrogen and oxygen atoms in total. The van der Waals surface area contributed by atoms with Gasteiger partial charge in [-0.2, -0.15) is 0 Å². The lowest BCUT2D eigenvalue weighted by molar-refractivity contribution is 0.0692. The fraction of sp³-hybridized carbons (Fsp3) is 0.133. The van der Waals surface area contributed by atoms with Gasteiger partial charge in [0.15, 0.2) is 0 Å². The van der Waals surface area contributed by atoms with Crippen molar-refractivity contribution in [2.75, 3.05) is 6.61 Å². The third-order valence-electron chi connectivity index (χ3n) is 2.70. The molecule has 0 fully saturated rings. The summed E-state index contributed by atoms with van der Waals surface area (Å²) in [5, 5.41) is 8.80.